The minimum Gasteiger partial charge on any atom is -0.459 e. The van der Waals surface area contributed by atoms with E-state index in [0.717, 1.165) is 12.8 Å². The number of allylic oxidation sites excluding steroid dienone is 1. The fraction of sp³-hybridized carbons (Fsp3) is 0.769. The normalized spacial score (nSPS) is 29.9. The second kappa shape index (κ2) is 4.89. The molecule has 3 nitrogen and oxygen atoms in total. The highest BCUT2D eigenvalue weighted by Crippen LogP contribution is 2.39. The SMILES string of the molecule is CC(N)=CC(=O)OC1CC(C)CC(C)(C)C1. The van der Waals surface area contributed by atoms with Crippen molar-refractivity contribution in [2.75, 3.05) is 0 Å². The van der Waals surface area contributed by atoms with Crippen LogP contribution >= 0.6 is 0 Å². The van der Waals surface area contributed by atoms with Crippen LogP contribution in [0.4, 0.5) is 0 Å². The molecule has 2 unspecified atom stereocenters. The van der Waals surface area contributed by atoms with Crippen LogP contribution < -0.4 is 5.73 Å². The van der Waals surface area contributed by atoms with E-state index < -0.39 is 0 Å². The zero-order valence-electron chi connectivity index (χ0n) is 10.7. The molecule has 0 bridgehead atoms. The van der Waals surface area contributed by atoms with Gasteiger partial charge in [0, 0.05) is 11.8 Å². The zero-order valence-corrected chi connectivity index (χ0v) is 10.7. The Balaban J connectivity index is 2.55. The molecule has 3 heteroatoms. The first kappa shape index (κ1) is 13.1. The van der Waals surface area contributed by atoms with E-state index in [-0.39, 0.29) is 17.5 Å². The highest BCUT2D eigenvalue weighted by molar-refractivity contribution is 5.82. The summed E-state index contributed by atoms with van der Waals surface area (Å²) in [6.45, 7) is 8.36. The summed E-state index contributed by atoms with van der Waals surface area (Å²) in [6, 6.07) is 0. The quantitative estimate of drug-likeness (QED) is 0.580. The molecule has 16 heavy (non-hydrogen) atoms. The van der Waals surface area contributed by atoms with E-state index in [0.29, 0.717) is 11.6 Å². The molecule has 1 fully saturated rings. The molecule has 1 rings (SSSR count). The Kier molecular flexibility index (Phi) is 4.00. The molecule has 0 aliphatic heterocycles. The van der Waals surface area contributed by atoms with Gasteiger partial charge in [-0.05, 0) is 37.5 Å². The molecule has 1 aliphatic rings. The average Bonchev–Trinajstić information content (AvgIpc) is 1.95. The van der Waals surface area contributed by atoms with E-state index in [9.17, 15) is 4.79 Å². The van der Waals surface area contributed by atoms with Crippen molar-refractivity contribution in [3.63, 3.8) is 0 Å². The zero-order chi connectivity index (χ0) is 12.3. The van der Waals surface area contributed by atoms with E-state index in [1.807, 2.05) is 0 Å². The summed E-state index contributed by atoms with van der Waals surface area (Å²) in [5.74, 6) is 0.305. The summed E-state index contributed by atoms with van der Waals surface area (Å²) in [5.41, 5.74) is 6.20. The molecule has 0 amide bonds. The van der Waals surface area contributed by atoms with E-state index in [1.165, 1.54) is 12.5 Å². The third kappa shape index (κ3) is 4.25. The molecule has 1 aliphatic carbocycles. The summed E-state index contributed by atoms with van der Waals surface area (Å²) in [4.78, 5) is 11.5. The van der Waals surface area contributed by atoms with Crippen molar-refractivity contribution in [2.24, 2.45) is 17.1 Å². The van der Waals surface area contributed by atoms with Gasteiger partial charge in [-0.1, -0.05) is 20.8 Å². The standard InChI is InChI=1S/C13H23NO2/c1-9-5-11(8-13(3,4)7-9)16-12(15)6-10(2)14/h6,9,11H,5,7-8,14H2,1-4H3. The topological polar surface area (TPSA) is 52.3 Å². The van der Waals surface area contributed by atoms with Crippen LogP contribution in [0.5, 0.6) is 0 Å². The smallest absolute Gasteiger partial charge is 0.332 e. The number of hydrogen-bond donors (Lipinski definition) is 1. The highest BCUT2D eigenvalue weighted by atomic mass is 16.5. The van der Waals surface area contributed by atoms with Crippen molar-refractivity contribution >= 4 is 5.97 Å². The first-order valence-electron chi connectivity index (χ1n) is 5.93. The largest absolute Gasteiger partial charge is 0.459 e. The van der Waals surface area contributed by atoms with Gasteiger partial charge >= 0.3 is 5.97 Å². The summed E-state index contributed by atoms with van der Waals surface area (Å²) in [5, 5.41) is 0. The van der Waals surface area contributed by atoms with Crippen LogP contribution in [-0.4, -0.2) is 12.1 Å². The molecule has 92 valence electrons. The van der Waals surface area contributed by atoms with E-state index in [1.54, 1.807) is 6.92 Å². The third-order valence-electron chi connectivity index (χ3n) is 2.97. The predicted octanol–water partition coefficient (Wildman–Crippen LogP) is 2.61. The maximum Gasteiger partial charge on any atom is 0.332 e. The van der Waals surface area contributed by atoms with Crippen molar-refractivity contribution in [3.05, 3.63) is 11.8 Å². The Morgan fingerprint density at radius 2 is 2.06 bits per heavy atom. The van der Waals surface area contributed by atoms with Crippen LogP contribution in [0.2, 0.25) is 0 Å². The maximum atomic E-state index is 11.5. The molecule has 0 aromatic rings. The Morgan fingerprint density at radius 1 is 1.44 bits per heavy atom. The van der Waals surface area contributed by atoms with Crippen molar-refractivity contribution in [1.82, 2.24) is 0 Å². The monoisotopic (exact) mass is 225 g/mol. The third-order valence-corrected chi connectivity index (χ3v) is 2.97. The molecule has 2 atom stereocenters. The van der Waals surface area contributed by atoms with E-state index >= 15 is 0 Å². The maximum absolute atomic E-state index is 11.5. The van der Waals surface area contributed by atoms with Gasteiger partial charge in [0.05, 0.1) is 0 Å². The molecule has 0 saturated heterocycles. The summed E-state index contributed by atoms with van der Waals surface area (Å²) < 4.78 is 5.41. The van der Waals surface area contributed by atoms with Crippen LogP contribution in [0.3, 0.4) is 0 Å². The lowest BCUT2D eigenvalue weighted by molar-refractivity contribution is -0.147. The van der Waals surface area contributed by atoms with Crippen LogP contribution in [0, 0.1) is 11.3 Å². The van der Waals surface area contributed by atoms with Gasteiger partial charge < -0.3 is 10.5 Å². The van der Waals surface area contributed by atoms with Gasteiger partial charge in [-0.25, -0.2) is 4.79 Å². The Hall–Kier alpha value is -0.990. The van der Waals surface area contributed by atoms with Gasteiger partial charge in [0.25, 0.3) is 0 Å². The number of rotatable bonds is 2. The molecule has 0 heterocycles. The molecule has 0 aromatic carbocycles. The second-order valence-corrected chi connectivity index (χ2v) is 5.86. The van der Waals surface area contributed by atoms with Gasteiger partial charge in [0.1, 0.15) is 6.10 Å². The van der Waals surface area contributed by atoms with E-state index in [4.69, 9.17) is 10.5 Å². The van der Waals surface area contributed by atoms with E-state index in [2.05, 4.69) is 20.8 Å². The number of esters is 1. The van der Waals surface area contributed by atoms with Gasteiger partial charge in [0.15, 0.2) is 0 Å². The van der Waals surface area contributed by atoms with Gasteiger partial charge in [0.2, 0.25) is 0 Å². The highest BCUT2D eigenvalue weighted by Gasteiger charge is 2.33. The Labute approximate surface area is 98.0 Å². The van der Waals surface area contributed by atoms with Crippen molar-refractivity contribution in [3.8, 4) is 0 Å². The lowest BCUT2D eigenvalue weighted by atomic mass is 9.71. The van der Waals surface area contributed by atoms with Crippen LogP contribution in [-0.2, 0) is 9.53 Å². The molecule has 0 aromatic heterocycles. The predicted molar refractivity (Wildman–Crippen MR) is 64.6 cm³/mol. The van der Waals surface area contributed by atoms with Gasteiger partial charge in [-0.15, -0.1) is 0 Å². The van der Waals surface area contributed by atoms with Crippen LogP contribution in [0.25, 0.3) is 0 Å². The molecule has 1 saturated carbocycles. The minimum absolute atomic E-state index is 0.0434. The van der Waals surface area contributed by atoms with Gasteiger partial charge in [-0.3, -0.25) is 0 Å². The number of ether oxygens (including phenoxy) is 1. The summed E-state index contributed by atoms with van der Waals surface area (Å²) >= 11 is 0. The fourth-order valence-electron chi connectivity index (χ4n) is 2.73. The first-order valence-corrected chi connectivity index (χ1v) is 5.93. The minimum atomic E-state index is -0.310. The lowest BCUT2D eigenvalue weighted by Gasteiger charge is -2.38. The molecule has 0 radical (unpaired) electrons. The van der Waals surface area contributed by atoms with Gasteiger partial charge in [-0.2, -0.15) is 0 Å². The first-order chi connectivity index (χ1) is 7.28. The van der Waals surface area contributed by atoms with Crippen molar-refractivity contribution < 1.29 is 9.53 Å². The number of hydrogen-bond acceptors (Lipinski definition) is 3. The molecular weight excluding hydrogens is 202 g/mol. The molecule has 2 N–H and O–H groups in total. The average molecular weight is 225 g/mol. The Morgan fingerprint density at radius 3 is 2.56 bits per heavy atom. The lowest BCUT2D eigenvalue weighted by Crippen LogP contribution is -2.33. The Bertz CT molecular complexity index is 290. The fourth-order valence-corrected chi connectivity index (χ4v) is 2.73. The van der Waals surface area contributed by atoms with Crippen LogP contribution in [0.15, 0.2) is 11.8 Å². The van der Waals surface area contributed by atoms with Crippen molar-refractivity contribution in [1.29, 1.82) is 0 Å². The summed E-state index contributed by atoms with van der Waals surface area (Å²) in [7, 11) is 0. The number of nitrogens with two attached hydrogens (primary N) is 1. The number of carbonyl (C=O) groups excluding carboxylic acids is 1. The van der Waals surface area contributed by atoms with Crippen LogP contribution in [0.1, 0.15) is 47.0 Å². The molecule has 0 spiro atoms. The number of carbonyl (C=O) groups is 1. The second-order valence-electron chi connectivity index (χ2n) is 5.86. The van der Waals surface area contributed by atoms with Crippen molar-refractivity contribution in [2.45, 2.75) is 53.1 Å². The molecular formula is C13H23NO2. The summed E-state index contributed by atoms with van der Waals surface area (Å²) in [6.07, 6.45) is 4.51.